The molecule has 2 aliphatic rings. The number of carbonyl (C=O) groups excluding carboxylic acids is 3. The van der Waals surface area contributed by atoms with Crippen LogP contribution in [0.4, 0.5) is 11.6 Å². The van der Waals surface area contributed by atoms with Crippen molar-refractivity contribution in [3.8, 4) is 0 Å². The van der Waals surface area contributed by atoms with Crippen LogP contribution in [0.2, 0.25) is 0 Å². The van der Waals surface area contributed by atoms with E-state index in [9.17, 15) is 14.4 Å². The molecule has 0 bridgehead atoms. The number of para-hydroxylation sites is 1. The molecule has 3 aromatic rings. The van der Waals surface area contributed by atoms with Crippen LogP contribution in [0, 0.1) is 0 Å². The molecule has 3 heterocycles. The number of aromatic amines is 1. The number of fused-ring (bicyclic) bond motifs is 5. The van der Waals surface area contributed by atoms with Gasteiger partial charge in [-0.25, -0.2) is 0 Å². The molecule has 0 radical (unpaired) electrons. The van der Waals surface area contributed by atoms with E-state index in [1.807, 2.05) is 38.1 Å². The molecular weight excluding hydrogens is 408 g/mol. The highest BCUT2D eigenvalue weighted by Crippen LogP contribution is 2.45. The Bertz CT molecular complexity index is 1230. The largest absolute Gasteiger partial charge is 0.313 e. The Morgan fingerprint density at radius 2 is 1.78 bits per heavy atom. The molecule has 2 aliphatic heterocycles. The second kappa shape index (κ2) is 7.60. The van der Waals surface area contributed by atoms with Crippen molar-refractivity contribution in [2.24, 2.45) is 0 Å². The van der Waals surface area contributed by atoms with Crippen LogP contribution in [0.5, 0.6) is 0 Å². The van der Waals surface area contributed by atoms with E-state index in [1.54, 1.807) is 34.1 Å². The highest BCUT2D eigenvalue weighted by atomic mass is 16.2. The van der Waals surface area contributed by atoms with Crippen molar-refractivity contribution in [1.82, 2.24) is 20.1 Å². The molecule has 1 atom stereocenters. The molecule has 0 saturated carbocycles. The SMILES string of the molecule is CC(C)c1nc(NC(=O)CCN2C(=O)c3ccccc3N3C(=O)c4ccccc4[C@@H]23)n[nH]1. The molecule has 162 valence electrons. The van der Waals surface area contributed by atoms with Gasteiger partial charge in [-0.3, -0.25) is 29.7 Å². The molecule has 1 aromatic heterocycles. The number of carbonyl (C=O) groups is 3. The Hall–Kier alpha value is -4.01. The van der Waals surface area contributed by atoms with E-state index in [1.165, 1.54) is 0 Å². The minimum atomic E-state index is -0.579. The molecular formula is C23H22N6O3. The predicted molar refractivity (Wildman–Crippen MR) is 117 cm³/mol. The lowest BCUT2D eigenvalue weighted by molar-refractivity contribution is -0.116. The predicted octanol–water partition coefficient (Wildman–Crippen LogP) is 3.07. The van der Waals surface area contributed by atoms with Gasteiger partial charge >= 0.3 is 0 Å². The highest BCUT2D eigenvalue weighted by Gasteiger charge is 2.47. The maximum absolute atomic E-state index is 13.4. The van der Waals surface area contributed by atoms with Crippen LogP contribution in [0.25, 0.3) is 0 Å². The van der Waals surface area contributed by atoms with Crippen molar-refractivity contribution >= 4 is 29.4 Å². The molecule has 2 N–H and O–H groups in total. The summed E-state index contributed by atoms with van der Waals surface area (Å²) in [4.78, 5) is 46.6. The third-order valence-corrected chi connectivity index (χ3v) is 5.76. The second-order valence-electron chi connectivity index (χ2n) is 8.15. The summed E-state index contributed by atoms with van der Waals surface area (Å²) < 4.78 is 0. The smallest absolute Gasteiger partial charge is 0.260 e. The van der Waals surface area contributed by atoms with Crippen molar-refractivity contribution in [2.45, 2.75) is 32.4 Å². The third-order valence-electron chi connectivity index (χ3n) is 5.76. The van der Waals surface area contributed by atoms with Gasteiger partial charge in [0.1, 0.15) is 12.0 Å². The molecule has 2 aromatic carbocycles. The average Bonchev–Trinajstić information content (AvgIpc) is 3.37. The van der Waals surface area contributed by atoms with E-state index in [2.05, 4.69) is 20.5 Å². The van der Waals surface area contributed by atoms with Gasteiger partial charge in [0.05, 0.1) is 11.3 Å². The lowest BCUT2D eigenvalue weighted by Crippen LogP contribution is -2.49. The lowest BCUT2D eigenvalue weighted by Gasteiger charge is -2.40. The molecule has 0 fully saturated rings. The van der Waals surface area contributed by atoms with Crippen molar-refractivity contribution in [3.63, 3.8) is 0 Å². The zero-order valence-electron chi connectivity index (χ0n) is 17.7. The minimum absolute atomic E-state index is 0.0418. The van der Waals surface area contributed by atoms with Crippen molar-refractivity contribution in [3.05, 3.63) is 71.0 Å². The van der Waals surface area contributed by atoms with Gasteiger partial charge < -0.3 is 4.90 Å². The standard InChI is InChI=1S/C23H22N6O3/c1-13(2)19-25-23(27-26-19)24-18(30)11-12-28-20-14-7-3-4-8-15(14)22(32)29(20)17-10-6-5-9-16(17)21(28)31/h3-10,13,20H,11-12H2,1-2H3,(H2,24,25,26,27,30)/t20-/m0/s1. The Morgan fingerprint density at radius 1 is 1.06 bits per heavy atom. The van der Waals surface area contributed by atoms with Crippen LogP contribution in [-0.2, 0) is 4.79 Å². The van der Waals surface area contributed by atoms with Crippen LogP contribution in [-0.4, -0.2) is 44.3 Å². The Labute approximate surface area is 184 Å². The Balaban J connectivity index is 1.41. The Kier molecular flexibility index (Phi) is 4.73. The summed E-state index contributed by atoms with van der Waals surface area (Å²) in [5.74, 6) is 0.373. The number of rotatable bonds is 5. The molecule has 0 aliphatic carbocycles. The Morgan fingerprint density at radius 3 is 2.53 bits per heavy atom. The van der Waals surface area contributed by atoms with Crippen molar-refractivity contribution < 1.29 is 14.4 Å². The van der Waals surface area contributed by atoms with Gasteiger partial charge in [0.25, 0.3) is 11.8 Å². The number of nitrogens with one attached hydrogen (secondary N) is 2. The van der Waals surface area contributed by atoms with Gasteiger partial charge in [0, 0.05) is 30.0 Å². The second-order valence-corrected chi connectivity index (χ2v) is 8.15. The first-order chi connectivity index (χ1) is 15.5. The van der Waals surface area contributed by atoms with Crippen molar-refractivity contribution in [2.75, 3.05) is 16.8 Å². The quantitative estimate of drug-likeness (QED) is 0.646. The first kappa shape index (κ1) is 19.9. The fourth-order valence-electron chi connectivity index (χ4n) is 4.20. The fraction of sp³-hybridized carbons (Fsp3) is 0.261. The van der Waals surface area contributed by atoms with Gasteiger partial charge in [-0.15, -0.1) is 5.10 Å². The summed E-state index contributed by atoms with van der Waals surface area (Å²) in [7, 11) is 0. The van der Waals surface area contributed by atoms with Crippen molar-refractivity contribution in [1.29, 1.82) is 0 Å². The first-order valence-corrected chi connectivity index (χ1v) is 10.5. The third kappa shape index (κ3) is 3.13. The van der Waals surface area contributed by atoms with Crippen LogP contribution >= 0.6 is 0 Å². The minimum Gasteiger partial charge on any atom is -0.313 e. The molecule has 0 spiro atoms. The van der Waals surface area contributed by atoms with E-state index in [-0.39, 0.29) is 42.6 Å². The van der Waals surface area contributed by atoms with Gasteiger partial charge in [-0.1, -0.05) is 44.2 Å². The summed E-state index contributed by atoms with van der Waals surface area (Å²) in [6, 6.07) is 14.3. The number of nitrogens with zero attached hydrogens (tertiary/aromatic N) is 4. The van der Waals surface area contributed by atoms with Gasteiger partial charge in [-0.2, -0.15) is 4.98 Å². The number of benzene rings is 2. The number of anilines is 2. The fourth-order valence-corrected chi connectivity index (χ4v) is 4.20. The van der Waals surface area contributed by atoms with Crippen LogP contribution < -0.4 is 10.2 Å². The van der Waals surface area contributed by atoms with E-state index in [4.69, 9.17) is 0 Å². The summed E-state index contributed by atoms with van der Waals surface area (Å²) in [5, 5.41) is 9.47. The molecule has 0 saturated heterocycles. The molecule has 3 amide bonds. The highest BCUT2D eigenvalue weighted by molar-refractivity contribution is 6.16. The van der Waals surface area contributed by atoms with Crippen LogP contribution in [0.15, 0.2) is 48.5 Å². The van der Waals surface area contributed by atoms with Crippen LogP contribution in [0.3, 0.4) is 0 Å². The molecule has 5 rings (SSSR count). The molecule has 9 heteroatoms. The first-order valence-electron chi connectivity index (χ1n) is 10.5. The van der Waals surface area contributed by atoms with Crippen LogP contribution in [0.1, 0.15) is 64.5 Å². The average molecular weight is 430 g/mol. The number of hydrogen-bond acceptors (Lipinski definition) is 5. The molecule has 0 unspecified atom stereocenters. The molecule has 9 nitrogen and oxygen atoms in total. The summed E-state index contributed by atoms with van der Waals surface area (Å²) in [5.41, 5.74) is 2.36. The van der Waals surface area contributed by atoms with E-state index in [0.717, 1.165) is 5.56 Å². The topological polar surface area (TPSA) is 111 Å². The molecule has 32 heavy (non-hydrogen) atoms. The van der Waals surface area contributed by atoms with E-state index < -0.39 is 6.17 Å². The maximum atomic E-state index is 13.4. The zero-order valence-corrected chi connectivity index (χ0v) is 17.7. The maximum Gasteiger partial charge on any atom is 0.260 e. The van der Waals surface area contributed by atoms with E-state index in [0.29, 0.717) is 22.6 Å². The monoisotopic (exact) mass is 430 g/mol. The number of hydrogen-bond donors (Lipinski definition) is 2. The summed E-state index contributed by atoms with van der Waals surface area (Å²) in [6.45, 7) is 4.08. The zero-order chi connectivity index (χ0) is 22.4. The number of aromatic nitrogens is 3. The van der Waals surface area contributed by atoms with E-state index >= 15 is 0 Å². The summed E-state index contributed by atoms with van der Waals surface area (Å²) >= 11 is 0. The number of H-pyrrole nitrogens is 1. The number of amides is 3. The lowest BCUT2D eigenvalue weighted by atomic mass is 10.0. The summed E-state index contributed by atoms with van der Waals surface area (Å²) in [6.07, 6.45) is -0.537. The normalized spacial score (nSPS) is 16.8. The van der Waals surface area contributed by atoms with Gasteiger partial charge in [0.15, 0.2) is 0 Å². The van der Waals surface area contributed by atoms with Gasteiger partial charge in [-0.05, 0) is 18.2 Å². The van der Waals surface area contributed by atoms with Gasteiger partial charge in [0.2, 0.25) is 11.9 Å².